The van der Waals surface area contributed by atoms with Gasteiger partial charge in [0, 0.05) is 19.0 Å². The van der Waals surface area contributed by atoms with Crippen molar-refractivity contribution < 1.29 is 4.79 Å². The molecule has 1 spiro atoms. The van der Waals surface area contributed by atoms with E-state index >= 15 is 0 Å². The fourth-order valence-electron chi connectivity index (χ4n) is 2.48. The van der Waals surface area contributed by atoms with E-state index in [-0.39, 0.29) is 5.91 Å². The second-order valence-electron chi connectivity index (χ2n) is 4.26. The highest BCUT2D eigenvalue weighted by molar-refractivity contribution is 5.79. The third-order valence-corrected chi connectivity index (χ3v) is 3.08. The first-order valence-corrected chi connectivity index (χ1v) is 4.70. The van der Waals surface area contributed by atoms with Crippen molar-refractivity contribution in [2.24, 2.45) is 5.41 Å². The average molecular weight is 168 g/mol. The second-order valence-corrected chi connectivity index (χ2v) is 4.26. The van der Waals surface area contributed by atoms with E-state index in [0.717, 1.165) is 32.4 Å². The normalized spacial score (nSPS) is 41.8. The molecule has 2 N–H and O–H groups in total. The number of carbonyl (C=O) groups is 1. The summed E-state index contributed by atoms with van der Waals surface area (Å²) in [5.74, 6) is 0.240. The van der Waals surface area contributed by atoms with Gasteiger partial charge in [0.1, 0.15) is 0 Å². The zero-order valence-corrected chi connectivity index (χ0v) is 7.52. The van der Waals surface area contributed by atoms with Gasteiger partial charge in [-0.05, 0) is 31.7 Å². The van der Waals surface area contributed by atoms with Gasteiger partial charge >= 0.3 is 0 Å². The van der Waals surface area contributed by atoms with E-state index < -0.39 is 0 Å². The molecule has 2 heterocycles. The molecule has 0 bridgehead atoms. The van der Waals surface area contributed by atoms with Crippen LogP contribution in [0.1, 0.15) is 26.2 Å². The summed E-state index contributed by atoms with van der Waals surface area (Å²) in [5, 5.41) is 6.34. The van der Waals surface area contributed by atoms with E-state index in [9.17, 15) is 4.79 Å². The summed E-state index contributed by atoms with van der Waals surface area (Å²) < 4.78 is 0. The van der Waals surface area contributed by atoms with Crippen LogP contribution in [0.4, 0.5) is 0 Å². The Morgan fingerprint density at radius 2 is 2.42 bits per heavy atom. The topological polar surface area (TPSA) is 41.1 Å². The maximum Gasteiger partial charge on any atom is 0.220 e. The molecule has 2 aliphatic rings. The third kappa shape index (κ3) is 1.33. The van der Waals surface area contributed by atoms with Crippen LogP contribution in [0.15, 0.2) is 0 Å². The van der Waals surface area contributed by atoms with Gasteiger partial charge in [-0.1, -0.05) is 0 Å². The van der Waals surface area contributed by atoms with E-state index in [1.54, 1.807) is 0 Å². The molecule has 0 aromatic rings. The fourth-order valence-corrected chi connectivity index (χ4v) is 2.48. The van der Waals surface area contributed by atoms with Gasteiger partial charge in [-0.25, -0.2) is 0 Å². The van der Waals surface area contributed by atoms with Crippen molar-refractivity contribution in [3.8, 4) is 0 Å². The Bertz CT molecular complexity index is 205. The number of rotatable bonds is 0. The van der Waals surface area contributed by atoms with Gasteiger partial charge in [0.25, 0.3) is 0 Å². The van der Waals surface area contributed by atoms with Crippen molar-refractivity contribution in [1.29, 1.82) is 0 Å². The van der Waals surface area contributed by atoms with Gasteiger partial charge in [-0.3, -0.25) is 4.79 Å². The highest BCUT2D eigenvalue weighted by atomic mass is 16.1. The molecule has 0 unspecified atom stereocenters. The SMILES string of the molecule is C[C@H]1C[C@@]2(CCN1)CNC(=O)C2. The minimum absolute atomic E-state index is 0.240. The average Bonchev–Trinajstić information content (AvgIpc) is 2.32. The zero-order chi connectivity index (χ0) is 8.60. The first-order valence-electron chi connectivity index (χ1n) is 4.70. The molecule has 0 radical (unpaired) electrons. The quantitative estimate of drug-likeness (QED) is 0.545. The minimum Gasteiger partial charge on any atom is -0.356 e. The molecule has 0 aromatic carbocycles. The fraction of sp³-hybridized carbons (Fsp3) is 0.889. The lowest BCUT2D eigenvalue weighted by Crippen LogP contribution is -2.43. The molecule has 1 amide bonds. The molecule has 3 heteroatoms. The zero-order valence-electron chi connectivity index (χ0n) is 7.52. The second kappa shape index (κ2) is 2.73. The number of hydrogen-bond acceptors (Lipinski definition) is 2. The molecule has 2 saturated heterocycles. The standard InChI is InChI=1S/C9H16N2O/c1-7-4-9(2-3-10-7)5-8(12)11-6-9/h7,10H,2-6H2,1H3,(H,11,12)/t7-,9+/m0/s1. The monoisotopic (exact) mass is 168 g/mol. The molecule has 0 aromatic heterocycles. The Labute approximate surface area is 72.9 Å². The largest absolute Gasteiger partial charge is 0.356 e. The molecule has 3 nitrogen and oxygen atoms in total. The van der Waals surface area contributed by atoms with Crippen LogP contribution in [0.25, 0.3) is 0 Å². The highest BCUT2D eigenvalue weighted by Crippen LogP contribution is 2.37. The van der Waals surface area contributed by atoms with Crippen molar-refractivity contribution in [3.63, 3.8) is 0 Å². The Hall–Kier alpha value is -0.570. The molecule has 2 rings (SSSR count). The van der Waals surface area contributed by atoms with Crippen LogP contribution in [0.3, 0.4) is 0 Å². The molecular weight excluding hydrogens is 152 g/mol. The van der Waals surface area contributed by atoms with Gasteiger partial charge in [0.05, 0.1) is 0 Å². The van der Waals surface area contributed by atoms with E-state index in [0.29, 0.717) is 11.5 Å². The van der Waals surface area contributed by atoms with Crippen LogP contribution in [0, 0.1) is 5.41 Å². The Kier molecular flexibility index (Phi) is 1.83. The summed E-state index contributed by atoms with van der Waals surface area (Å²) in [4.78, 5) is 11.1. The number of amides is 1. The van der Waals surface area contributed by atoms with E-state index in [2.05, 4.69) is 17.6 Å². The van der Waals surface area contributed by atoms with Crippen molar-refractivity contribution in [3.05, 3.63) is 0 Å². The van der Waals surface area contributed by atoms with Crippen LogP contribution < -0.4 is 10.6 Å². The Morgan fingerprint density at radius 1 is 1.58 bits per heavy atom. The lowest BCUT2D eigenvalue weighted by atomic mass is 9.76. The summed E-state index contributed by atoms with van der Waals surface area (Å²) in [5.41, 5.74) is 0.293. The van der Waals surface area contributed by atoms with Crippen molar-refractivity contribution >= 4 is 5.91 Å². The lowest BCUT2D eigenvalue weighted by Gasteiger charge is -2.35. The van der Waals surface area contributed by atoms with Crippen molar-refractivity contribution in [2.75, 3.05) is 13.1 Å². The number of hydrogen-bond donors (Lipinski definition) is 2. The number of carbonyl (C=O) groups excluding carboxylic acids is 1. The van der Waals surface area contributed by atoms with Crippen LogP contribution >= 0.6 is 0 Å². The van der Waals surface area contributed by atoms with Crippen LogP contribution in [-0.2, 0) is 4.79 Å². The molecule has 68 valence electrons. The summed E-state index contributed by atoms with van der Waals surface area (Å²) in [6, 6.07) is 0.575. The van der Waals surface area contributed by atoms with Crippen LogP contribution in [-0.4, -0.2) is 25.0 Å². The number of nitrogens with one attached hydrogen (secondary N) is 2. The molecule has 2 aliphatic heterocycles. The molecular formula is C9H16N2O. The van der Waals surface area contributed by atoms with Gasteiger partial charge in [0.15, 0.2) is 0 Å². The summed E-state index contributed by atoms with van der Waals surface area (Å²) in [6.07, 6.45) is 3.04. The summed E-state index contributed by atoms with van der Waals surface area (Å²) in [6.45, 7) is 4.16. The van der Waals surface area contributed by atoms with E-state index in [4.69, 9.17) is 0 Å². The van der Waals surface area contributed by atoms with Gasteiger partial charge in [0.2, 0.25) is 5.91 Å². The maximum absolute atomic E-state index is 11.1. The Balaban J connectivity index is 2.05. The van der Waals surface area contributed by atoms with Crippen LogP contribution in [0.5, 0.6) is 0 Å². The maximum atomic E-state index is 11.1. The third-order valence-electron chi connectivity index (χ3n) is 3.08. The first kappa shape index (κ1) is 8.05. The minimum atomic E-state index is 0.240. The molecule has 0 saturated carbocycles. The number of piperidine rings is 1. The first-order chi connectivity index (χ1) is 5.70. The highest BCUT2D eigenvalue weighted by Gasteiger charge is 2.40. The molecule has 2 atom stereocenters. The van der Waals surface area contributed by atoms with E-state index in [1.165, 1.54) is 0 Å². The van der Waals surface area contributed by atoms with Crippen LogP contribution in [0.2, 0.25) is 0 Å². The smallest absolute Gasteiger partial charge is 0.220 e. The lowest BCUT2D eigenvalue weighted by molar-refractivity contribution is -0.119. The van der Waals surface area contributed by atoms with E-state index in [1.807, 2.05) is 0 Å². The summed E-state index contributed by atoms with van der Waals surface area (Å²) >= 11 is 0. The van der Waals surface area contributed by atoms with Gasteiger partial charge in [-0.15, -0.1) is 0 Å². The molecule has 0 aliphatic carbocycles. The van der Waals surface area contributed by atoms with Crippen molar-refractivity contribution in [2.45, 2.75) is 32.2 Å². The van der Waals surface area contributed by atoms with Gasteiger partial charge in [-0.2, -0.15) is 0 Å². The van der Waals surface area contributed by atoms with Crippen molar-refractivity contribution in [1.82, 2.24) is 10.6 Å². The Morgan fingerprint density at radius 3 is 3.00 bits per heavy atom. The molecule has 12 heavy (non-hydrogen) atoms. The predicted molar refractivity (Wildman–Crippen MR) is 46.8 cm³/mol. The summed E-state index contributed by atoms with van der Waals surface area (Å²) in [7, 11) is 0. The van der Waals surface area contributed by atoms with Gasteiger partial charge < -0.3 is 10.6 Å². The molecule has 2 fully saturated rings. The predicted octanol–water partition coefficient (Wildman–Crippen LogP) is 0.265.